The van der Waals surface area contributed by atoms with Crippen LogP contribution in [0.3, 0.4) is 0 Å². The number of rotatable bonds is 3. The summed E-state index contributed by atoms with van der Waals surface area (Å²) in [5, 5.41) is 0. The molecule has 0 heterocycles. The molecule has 1 aromatic rings. The zero-order chi connectivity index (χ0) is 15.9. The number of benzene rings is 1. The third-order valence-corrected chi connectivity index (χ3v) is 5.55. The van der Waals surface area contributed by atoms with Crippen LogP contribution in [0.15, 0.2) is 30.3 Å². The smallest absolute Gasteiger partial charge is 0.302 e. The first-order valence-electron chi connectivity index (χ1n) is 8.40. The highest BCUT2D eigenvalue weighted by Crippen LogP contribution is 2.65. The van der Waals surface area contributed by atoms with E-state index < -0.39 is 0 Å². The van der Waals surface area contributed by atoms with E-state index in [0.717, 1.165) is 0 Å². The van der Waals surface area contributed by atoms with Gasteiger partial charge in [-0.05, 0) is 42.6 Å². The molecule has 0 saturated heterocycles. The normalized spacial score (nSPS) is 29.3. The molecule has 3 atom stereocenters. The third kappa shape index (κ3) is 2.47. The Hall–Kier alpha value is -1.31. The topological polar surface area (TPSA) is 26.3 Å². The van der Waals surface area contributed by atoms with E-state index in [4.69, 9.17) is 4.74 Å². The average molecular weight is 298 g/mol. The number of carbonyl (C=O) groups excluding carboxylic acids is 1. The predicted octanol–water partition coefficient (Wildman–Crippen LogP) is 4.59. The quantitative estimate of drug-likeness (QED) is 0.763. The Kier molecular flexibility index (Phi) is 4.05. The summed E-state index contributed by atoms with van der Waals surface area (Å²) in [6.07, 6.45) is 3.66. The minimum absolute atomic E-state index is 0.00796. The van der Waals surface area contributed by atoms with E-state index in [9.17, 15) is 4.79 Å². The lowest BCUT2D eigenvalue weighted by molar-refractivity contribution is -0.145. The number of hydrogen-bond acceptors (Lipinski definition) is 2. The molecule has 0 aromatic heterocycles. The molecular weight excluding hydrogens is 272 g/mol. The SMILES string of the molecule is CC(=O)OC(C)[C]1C2CCCC2[C](c2ccccc2)C1(C)C. The molecule has 2 fully saturated rings. The molecular formula is C20H26O2. The Balaban J connectivity index is 1.97. The van der Waals surface area contributed by atoms with Crippen molar-refractivity contribution in [2.75, 3.05) is 0 Å². The molecule has 2 aliphatic rings. The summed E-state index contributed by atoms with van der Waals surface area (Å²) in [7, 11) is 0. The summed E-state index contributed by atoms with van der Waals surface area (Å²) < 4.78 is 5.57. The maximum absolute atomic E-state index is 11.4. The van der Waals surface area contributed by atoms with Crippen LogP contribution in [0.2, 0.25) is 0 Å². The standard InChI is InChI=1S/C20H26O2/c1-13(22-14(2)21)18-16-11-8-12-17(16)19(20(18,3)4)15-9-6-5-7-10-15/h5-7,9-10,13,16-17H,8,11-12H2,1-4H3. The van der Waals surface area contributed by atoms with Crippen LogP contribution in [0.5, 0.6) is 0 Å². The van der Waals surface area contributed by atoms with E-state index in [1.807, 2.05) is 6.92 Å². The molecule has 3 unspecified atom stereocenters. The number of esters is 1. The highest BCUT2D eigenvalue weighted by Gasteiger charge is 2.59. The van der Waals surface area contributed by atoms with Gasteiger partial charge in [-0.1, -0.05) is 50.6 Å². The van der Waals surface area contributed by atoms with Gasteiger partial charge in [0.1, 0.15) is 6.10 Å². The predicted molar refractivity (Wildman–Crippen MR) is 87.9 cm³/mol. The van der Waals surface area contributed by atoms with Crippen molar-refractivity contribution in [1.82, 2.24) is 0 Å². The van der Waals surface area contributed by atoms with Gasteiger partial charge in [0.2, 0.25) is 0 Å². The van der Waals surface area contributed by atoms with Gasteiger partial charge >= 0.3 is 5.97 Å². The van der Waals surface area contributed by atoms with E-state index >= 15 is 0 Å². The van der Waals surface area contributed by atoms with Crippen molar-refractivity contribution in [3.8, 4) is 0 Å². The van der Waals surface area contributed by atoms with Crippen molar-refractivity contribution in [2.24, 2.45) is 17.3 Å². The maximum atomic E-state index is 11.4. The van der Waals surface area contributed by atoms with Gasteiger partial charge in [0, 0.05) is 18.8 Å². The minimum atomic E-state index is -0.182. The van der Waals surface area contributed by atoms with Gasteiger partial charge in [0.05, 0.1) is 0 Å². The van der Waals surface area contributed by atoms with Gasteiger partial charge in [-0.2, -0.15) is 0 Å². The summed E-state index contributed by atoms with van der Waals surface area (Å²) in [5.74, 6) is 3.97. The number of fused-ring (bicyclic) bond motifs is 1. The van der Waals surface area contributed by atoms with Crippen LogP contribution in [0.25, 0.3) is 0 Å². The number of hydrogen-bond donors (Lipinski definition) is 0. The fourth-order valence-corrected chi connectivity index (χ4v) is 5.07. The van der Waals surface area contributed by atoms with Crippen LogP contribution < -0.4 is 0 Å². The molecule has 0 aliphatic heterocycles. The van der Waals surface area contributed by atoms with Crippen LogP contribution in [-0.4, -0.2) is 12.1 Å². The molecule has 2 nitrogen and oxygen atoms in total. The van der Waals surface area contributed by atoms with E-state index in [0.29, 0.717) is 11.8 Å². The van der Waals surface area contributed by atoms with Crippen molar-refractivity contribution in [3.63, 3.8) is 0 Å². The summed E-state index contributed by atoms with van der Waals surface area (Å²) in [6, 6.07) is 10.8. The van der Waals surface area contributed by atoms with Crippen molar-refractivity contribution in [2.45, 2.75) is 53.1 Å². The maximum Gasteiger partial charge on any atom is 0.302 e. The van der Waals surface area contributed by atoms with Crippen molar-refractivity contribution < 1.29 is 9.53 Å². The second-order valence-electron chi connectivity index (χ2n) is 7.26. The van der Waals surface area contributed by atoms with E-state index in [2.05, 4.69) is 44.2 Å². The monoisotopic (exact) mass is 298 g/mol. The van der Waals surface area contributed by atoms with Crippen LogP contribution in [-0.2, 0) is 9.53 Å². The molecule has 1 aromatic carbocycles. The molecule has 0 N–H and O–H groups in total. The lowest BCUT2D eigenvalue weighted by Gasteiger charge is -2.37. The minimum Gasteiger partial charge on any atom is -0.462 e. The van der Waals surface area contributed by atoms with Gasteiger partial charge in [-0.3, -0.25) is 4.79 Å². The molecule has 0 bridgehead atoms. The van der Waals surface area contributed by atoms with Crippen LogP contribution in [0.1, 0.15) is 52.5 Å². The Morgan fingerprint density at radius 3 is 2.45 bits per heavy atom. The lowest BCUT2D eigenvalue weighted by Crippen LogP contribution is -2.35. The number of ether oxygens (including phenoxy) is 1. The average Bonchev–Trinajstić information content (AvgIpc) is 2.94. The third-order valence-electron chi connectivity index (χ3n) is 5.55. The van der Waals surface area contributed by atoms with E-state index in [1.54, 1.807) is 5.92 Å². The van der Waals surface area contributed by atoms with Gasteiger partial charge in [-0.15, -0.1) is 0 Å². The van der Waals surface area contributed by atoms with Crippen LogP contribution in [0, 0.1) is 29.1 Å². The second-order valence-corrected chi connectivity index (χ2v) is 7.26. The second kappa shape index (κ2) is 5.72. The zero-order valence-corrected chi connectivity index (χ0v) is 14.1. The molecule has 3 rings (SSSR count). The zero-order valence-electron chi connectivity index (χ0n) is 14.1. The van der Waals surface area contributed by atoms with E-state index in [-0.39, 0.29) is 17.5 Å². The van der Waals surface area contributed by atoms with Gasteiger partial charge in [0.15, 0.2) is 0 Å². The summed E-state index contributed by atoms with van der Waals surface area (Å²) >= 11 is 0. The summed E-state index contributed by atoms with van der Waals surface area (Å²) in [4.78, 5) is 11.4. The molecule has 2 radical (unpaired) electrons. The molecule has 2 saturated carbocycles. The van der Waals surface area contributed by atoms with E-state index in [1.165, 1.54) is 37.7 Å². The first kappa shape index (κ1) is 15.6. The molecule has 2 aliphatic carbocycles. The highest BCUT2D eigenvalue weighted by molar-refractivity contribution is 5.66. The first-order chi connectivity index (χ1) is 10.4. The van der Waals surface area contributed by atoms with Gasteiger partial charge < -0.3 is 4.74 Å². The Morgan fingerprint density at radius 2 is 1.82 bits per heavy atom. The van der Waals surface area contributed by atoms with Crippen molar-refractivity contribution in [1.29, 1.82) is 0 Å². The largest absolute Gasteiger partial charge is 0.462 e. The van der Waals surface area contributed by atoms with Gasteiger partial charge in [-0.25, -0.2) is 0 Å². The Morgan fingerprint density at radius 1 is 1.18 bits per heavy atom. The molecule has 0 amide bonds. The fourth-order valence-electron chi connectivity index (χ4n) is 5.07. The first-order valence-corrected chi connectivity index (χ1v) is 8.40. The Bertz CT molecular complexity index is 534. The van der Waals surface area contributed by atoms with Crippen LogP contribution in [0.4, 0.5) is 0 Å². The van der Waals surface area contributed by atoms with Crippen molar-refractivity contribution in [3.05, 3.63) is 47.7 Å². The highest BCUT2D eigenvalue weighted by atomic mass is 16.5. The van der Waals surface area contributed by atoms with Gasteiger partial charge in [0.25, 0.3) is 0 Å². The number of carbonyl (C=O) groups is 1. The Labute approximate surface area is 134 Å². The summed E-state index contributed by atoms with van der Waals surface area (Å²) in [6.45, 7) is 8.17. The molecule has 118 valence electrons. The molecule has 2 heteroatoms. The molecule has 0 spiro atoms. The summed E-state index contributed by atoms with van der Waals surface area (Å²) in [5.41, 5.74) is 1.35. The fraction of sp³-hybridized carbons (Fsp3) is 0.550. The molecule has 22 heavy (non-hydrogen) atoms. The van der Waals surface area contributed by atoms with Crippen LogP contribution >= 0.6 is 0 Å². The lowest BCUT2D eigenvalue weighted by atomic mass is 9.68. The van der Waals surface area contributed by atoms with Crippen molar-refractivity contribution >= 4 is 5.97 Å².